The van der Waals surface area contributed by atoms with Crippen LogP contribution in [0, 0.1) is 5.41 Å². The van der Waals surface area contributed by atoms with Gasteiger partial charge in [0, 0.05) is 17.9 Å². The largest absolute Gasteiger partial charge is 0.418 e. The van der Waals surface area contributed by atoms with Crippen molar-refractivity contribution >= 4 is 14.4 Å². The van der Waals surface area contributed by atoms with Gasteiger partial charge < -0.3 is 4.43 Å². The van der Waals surface area contributed by atoms with Crippen molar-refractivity contribution in [3.63, 3.8) is 0 Å². The van der Waals surface area contributed by atoms with Crippen LogP contribution in [-0.2, 0) is 4.43 Å². The lowest BCUT2D eigenvalue weighted by Crippen LogP contribution is -2.33. The molecule has 0 aliphatic heterocycles. The Labute approximate surface area is 148 Å². The predicted octanol–water partition coefficient (Wildman–Crippen LogP) is 6.32. The van der Waals surface area contributed by atoms with Crippen molar-refractivity contribution in [1.82, 2.24) is 0 Å². The quantitative estimate of drug-likeness (QED) is 0.528. The lowest BCUT2D eigenvalue weighted by molar-refractivity contribution is 0.199. The zero-order valence-corrected chi connectivity index (χ0v) is 16.5. The van der Waals surface area contributed by atoms with Gasteiger partial charge in [-0.3, -0.25) is 0 Å². The van der Waals surface area contributed by atoms with Crippen molar-refractivity contribution in [1.29, 1.82) is 0 Å². The van der Waals surface area contributed by atoms with Gasteiger partial charge in [-0.25, -0.2) is 0 Å². The molecule has 2 heteroatoms. The molecule has 2 atom stereocenters. The summed E-state index contributed by atoms with van der Waals surface area (Å²) < 4.78 is 6.26. The summed E-state index contributed by atoms with van der Waals surface area (Å²) in [5.74, 6) is 0.468. The Hall–Kier alpha value is -1.38. The van der Waals surface area contributed by atoms with Gasteiger partial charge in [-0.05, 0) is 50.0 Å². The van der Waals surface area contributed by atoms with Crippen LogP contribution in [0.2, 0.25) is 19.6 Å². The maximum atomic E-state index is 6.26. The van der Waals surface area contributed by atoms with Crippen LogP contribution in [0.3, 0.4) is 0 Å². The molecule has 1 aromatic rings. The summed E-state index contributed by atoms with van der Waals surface area (Å²) in [4.78, 5) is 0. The first kappa shape index (κ1) is 17.4. The summed E-state index contributed by atoms with van der Waals surface area (Å²) in [6, 6.07) is 8.88. The molecule has 1 aromatic carbocycles. The molecule has 24 heavy (non-hydrogen) atoms. The van der Waals surface area contributed by atoms with Crippen LogP contribution < -0.4 is 0 Å². The predicted molar refractivity (Wildman–Crippen MR) is 107 cm³/mol. The molecule has 0 aromatic heterocycles. The van der Waals surface area contributed by atoms with Gasteiger partial charge in [0.25, 0.3) is 0 Å². The fourth-order valence-corrected chi connectivity index (χ4v) is 4.94. The van der Waals surface area contributed by atoms with E-state index in [1.165, 1.54) is 11.1 Å². The number of rotatable bonds is 7. The van der Waals surface area contributed by atoms with Gasteiger partial charge in [0.1, 0.15) is 0 Å². The van der Waals surface area contributed by atoms with Crippen molar-refractivity contribution in [2.24, 2.45) is 5.41 Å². The summed E-state index contributed by atoms with van der Waals surface area (Å²) in [5.41, 5.74) is 4.63. The van der Waals surface area contributed by atoms with Crippen LogP contribution >= 0.6 is 0 Å². The molecule has 0 spiro atoms. The molecule has 2 aliphatic rings. The van der Waals surface area contributed by atoms with E-state index in [-0.39, 0.29) is 5.41 Å². The second-order valence-corrected chi connectivity index (χ2v) is 12.5. The van der Waals surface area contributed by atoms with E-state index in [2.05, 4.69) is 81.2 Å². The first-order chi connectivity index (χ1) is 11.5. The smallest absolute Gasteiger partial charge is 0.183 e. The maximum Gasteiger partial charge on any atom is 0.183 e. The van der Waals surface area contributed by atoms with Crippen LogP contribution in [0.1, 0.15) is 43.2 Å². The van der Waals surface area contributed by atoms with E-state index in [9.17, 15) is 0 Å². The molecule has 0 N–H and O–H groups in total. The molecule has 0 fully saturated rings. The highest BCUT2D eigenvalue weighted by atomic mass is 28.4. The van der Waals surface area contributed by atoms with E-state index < -0.39 is 8.32 Å². The lowest BCUT2D eigenvalue weighted by atomic mass is 9.64. The minimum atomic E-state index is -1.47. The van der Waals surface area contributed by atoms with E-state index in [4.69, 9.17) is 4.43 Å². The van der Waals surface area contributed by atoms with Crippen molar-refractivity contribution in [2.45, 2.75) is 51.7 Å². The van der Waals surface area contributed by atoms with E-state index in [1.54, 1.807) is 5.57 Å². The minimum Gasteiger partial charge on any atom is -0.418 e. The molecule has 0 amide bonds. The standard InChI is InChI=1S/C22H30OSi/c1-5-22(19-11-7-8-12-19,16-17-23-24(2,3)4)21-15-14-18-10-6-9-13-20(18)21/h6-11,13-15,21H,5,12,16-17H2,1-4H3. The fraction of sp³-hybridized carbons (Fsp3) is 0.455. The van der Waals surface area contributed by atoms with E-state index in [0.29, 0.717) is 5.92 Å². The topological polar surface area (TPSA) is 9.23 Å². The Morgan fingerprint density at radius 3 is 2.67 bits per heavy atom. The van der Waals surface area contributed by atoms with Gasteiger partial charge in [-0.2, -0.15) is 0 Å². The highest BCUT2D eigenvalue weighted by Crippen LogP contribution is 2.53. The molecule has 0 saturated carbocycles. The summed E-state index contributed by atoms with van der Waals surface area (Å²) in [6.45, 7) is 10.1. The normalized spacial score (nSPS) is 21.7. The van der Waals surface area contributed by atoms with Gasteiger partial charge in [0.15, 0.2) is 8.32 Å². The van der Waals surface area contributed by atoms with Gasteiger partial charge in [-0.1, -0.05) is 67.1 Å². The minimum absolute atomic E-state index is 0.173. The zero-order valence-electron chi connectivity index (χ0n) is 15.5. The van der Waals surface area contributed by atoms with Gasteiger partial charge in [0.2, 0.25) is 0 Å². The third kappa shape index (κ3) is 3.36. The molecule has 1 nitrogen and oxygen atoms in total. The Bertz CT molecular complexity index is 677. The monoisotopic (exact) mass is 338 g/mol. The molecule has 2 aliphatic carbocycles. The first-order valence-electron chi connectivity index (χ1n) is 9.23. The number of hydrogen-bond acceptors (Lipinski definition) is 1. The summed E-state index contributed by atoms with van der Waals surface area (Å²) in [5, 5.41) is 0. The Morgan fingerprint density at radius 2 is 2.00 bits per heavy atom. The maximum absolute atomic E-state index is 6.26. The Balaban J connectivity index is 1.92. The molecular formula is C22H30OSi. The lowest BCUT2D eigenvalue weighted by Gasteiger charge is -2.41. The second-order valence-electron chi connectivity index (χ2n) is 8.01. The number of benzene rings is 1. The third-order valence-corrected chi connectivity index (χ3v) is 6.59. The van der Waals surface area contributed by atoms with Crippen molar-refractivity contribution < 1.29 is 4.43 Å². The molecule has 3 rings (SSSR count). The first-order valence-corrected chi connectivity index (χ1v) is 12.6. The van der Waals surface area contributed by atoms with Gasteiger partial charge >= 0.3 is 0 Å². The fourth-order valence-electron chi connectivity index (χ4n) is 4.23. The molecule has 128 valence electrons. The summed E-state index contributed by atoms with van der Waals surface area (Å²) >= 11 is 0. The molecule has 0 radical (unpaired) electrons. The average Bonchev–Trinajstić information content (AvgIpc) is 3.21. The van der Waals surface area contributed by atoms with Crippen molar-refractivity contribution in [2.75, 3.05) is 6.61 Å². The number of fused-ring (bicyclic) bond motifs is 1. The van der Waals surface area contributed by atoms with Crippen LogP contribution in [0.4, 0.5) is 0 Å². The SMILES string of the molecule is CCC(CCO[Si](C)(C)C)(C1=CC=CC1)C1C=Cc2ccccc21. The van der Waals surface area contributed by atoms with Crippen LogP contribution in [0.15, 0.2) is 54.1 Å². The average molecular weight is 339 g/mol. The van der Waals surface area contributed by atoms with E-state index in [0.717, 1.165) is 25.9 Å². The Kier molecular flexibility index (Phi) is 4.98. The zero-order chi connectivity index (χ0) is 17.2. The number of allylic oxidation sites excluding steroid dienone is 5. The summed E-state index contributed by atoms with van der Waals surface area (Å²) in [7, 11) is -1.47. The van der Waals surface area contributed by atoms with Crippen molar-refractivity contribution in [3.05, 3.63) is 65.3 Å². The van der Waals surface area contributed by atoms with Crippen LogP contribution in [-0.4, -0.2) is 14.9 Å². The van der Waals surface area contributed by atoms with E-state index >= 15 is 0 Å². The summed E-state index contributed by atoms with van der Waals surface area (Å²) in [6.07, 6.45) is 15.0. The number of hydrogen-bond donors (Lipinski definition) is 0. The van der Waals surface area contributed by atoms with Gasteiger partial charge in [-0.15, -0.1) is 0 Å². The van der Waals surface area contributed by atoms with Gasteiger partial charge in [0.05, 0.1) is 0 Å². The molecule has 2 unspecified atom stereocenters. The van der Waals surface area contributed by atoms with Crippen molar-refractivity contribution in [3.8, 4) is 0 Å². The second kappa shape index (κ2) is 6.85. The highest BCUT2D eigenvalue weighted by Gasteiger charge is 2.42. The van der Waals surface area contributed by atoms with Crippen LogP contribution in [0.25, 0.3) is 6.08 Å². The molecule has 0 saturated heterocycles. The molecule has 0 heterocycles. The third-order valence-electron chi connectivity index (χ3n) is 5.52. The van der Waals surface area contributed by atoms with E-state index in [1.807, 2.05) is 0 Å². The Morgan fingerprint density at radius 1 is 1.21 bits per heavy atom. The highest BCUT2D eigenvalue weighted by molar-refractivity contribution is 6.69. The van der Waals surface area contributed by atoms with Crippen LogP contribution in [0.5, 0.6) is 0 Å². The molecular weight excluding hydrogens is 308 g/mol. The molecule has 0 bridgehead atoms.